The van der Waals surface area contributed by atoms with E-state index in [2.05, 4.69) is 10.5 Å². The standard InChI is InChI=1S/C26H26FN3O4/c1-19-13-26(34-29-19)28-25(31)17-30(16-24-9-4-12-32-24)11-10-20-5-3-8-23(15-20)33-18-21-6-2-7-22(27)14-21/h2-9,12-15H,10-11,16-18H2,1H3,(H,28,31). The summed E-state index contributed by atoms with van der Waals surface area (Å²) in [7, 11) is 0. The summed E-state index contributed by atoms with van der Waals surface area (Å²) in [6, 6.07) is 19.5. The zero-order valence-electron chi connectivity index (χ0n) is 18.9. The summed E-state index contributed by atoms with van der Waals surface area (Å²) in [6.45, 7) is 3.35. The third kappa shape index (κ3) is 7.05. The molecule has 176 valence electrons. The monoisotopic (exact) mass is 463 g/mol. The molecule has 0 aliphatic carbocycles. The van der Waals surface area contributed by atoms with Crippen molar-refractivity contribution in [2.75, 3.05) is 18.4 Å². The molecule has 0 radical (unpaired) electrons. The number of halogens is 1. The van der Waals surface area contributed by atoms with Crippen molar-refractivity contribution in [3.8, 4) is 5.75 Å². The van der Waals surface area contributed by atoms with Crippen LogP contribution in [0.4, 0.5) is 10.3 Å². The molecule has 1 amide bonds. The Morgan fingerprint density at radius 3 is 2.71 bits per heavy atom. The molecule has 0 spiro atoms. The smallest absolute Gasteiger partial charge is 0.240 e. The fourth-order valence-corrected chi connectivity index (χ4v) is 3.51. The van der Waals surface area contributed by atoms with Gasteiger partial charge in [0, 0.05) is 12.6 Å². The average Bonchev–Trinajstić information content (AvgIpc) is 3.48. The molecular formula is C26H26FN3O4. The molecule has 4 aromatic rings. The lowest BCUT2D eigenvalue weighted by atomic mass is 10.1. The highest BCUT2D eigenvalue weighted by Crippen LogP contribution is 2.17. The highest BCUT2D eigenvalue weighted by molar-refractivity contribution is 5.90. The molecule has 4 rings (SSSR count). The summed E-state index contributed by atoms with van der Waals surface area (Å²) < 4.78 is 29.8. The van der Waals surface area contributed by atoms with Gasteiger partial charge in [-0.2, -0.15) is 0 Å². The molecule has 0 saturated carbocycles. The third-order valence-electron chi connectivity index (χ3n) is 5.13. The van der Waals surface area contributed by atoms with Gasteiger partial charge in [0.05, 0.1) is 25.0 Å². The normalized spacial score (nSPS) is 11.0. The Hall–Kier alpha value is -3.91. The van der Waals surface area contributed by atoms with Crippen LogP contribution in [-0.2, 0) is 24.4 Å². The largest absolute Gasteiger partial charge is 0.489 e. The maximum Gasteiger partial charge on any atom is 0.240 e. The Bertz CT molecular complexity index is 1210. The quantitative estimate of drug-likeness (QED) is 0.338. The van der Waals surface area contributed by atoms with Gasteiger partial charge < -0.3 is 13.7 Å². The van der Waals surface area contributed by atoms with Gasteiger partial charge in [0.15, 0.2) is 0 Å². The number of amides is 1. The Labute approximate surface area is 197 Å². The lowest BCUT2D eigenvalue weighted by molar-refractivity contribution is -0.117. The van der Waals surface area contributed by atoms with Crippen molar-refractivity contribution in [3.63, 3.8) is 0 Å². The van der Waals surface area contributed by atoms with E-state index in [4.69, 9.17) is 13.7 Å². The number of nitrogens with one attached hydrogen (secondary N) is 1. The average molecular weight is 464 g/mol. The topological polar surface area (TPSA) is 80.7 Å². The molecule has 0 atom stereocenters. The van der Waals surface area contributed by atoms with Crippen LogP contribution in [0.25, 0.3) is 0 Å². The van der Waals surface area contributed by atoms with Gasteiger partial charge in [-0.05, 0) is 60.9 Å². The molecule has 0 aliphatic heterocycles. The third-order valence-corrected chi connectivity index (χ3v) is 5.13. The van der Waals surface area contributed by atoms with Gasteiger partial charge in [-0.15, -0.1) is 0 Å². The van der Waals surface area contributed by atoms with E-state index in [9.17, 15) is 9.18 Å². The van der Waals surface area contributed by atoms with Crippen LogP contribution in [0, 0.1) is 12.7 Å². The number of carbonyl (C=O) groups excluding carboxylic acids is 1. The number of hydrogen-bond acceptors (Lipinski definition) is 6. The summed E-state index contributed by atoms with van der Waals surface area (Å²) >= 11 is 0. The van der Waals surface area contributed by atoms with Crippen LogP contribution in [-0.4, -0.2) is 29.1 Å². The molecular weight excluding hydrogens is 437 g/mol. The molecule has 2 aromatic carbocycles. The number of nitrogens with zero attached hydrogens (tertiary/aromatic N) is 2. The predicted molar refractivity (Wildman–Crippen MR) is 125 cm³/mol. The number of carbonyl (C=O) groups is 1. The van der Waals surface area contributed by atoms with Crippen molar-refractivity contribution >= 4 is 11.8 Å². The fourth-order valence-electron chi connectivity index (χ4n) is 3.51. The van der Waals surface area contributed by atoms with Gasteiger partial charge in [0.25, 0.3) is 0 Å². The van der Waals surface area contributed by atoms with Gasteiger partial charge in [0.2, 0.25) is 11.8 Å². The maximum atomic E-state index is 13.4. The minimum atomic E-state index is -0.283. The Kier molecular flexibility index (Phi) is 7.72. The van der Waals surface area contributed by atoms with E-state index in [-0.39, 0.29) is 24.9 Å². The van der Waals surface area contributed by atoms with Crippen molar-refractivity contribution in [2.45, 2.75) is 26.5 Å². The molecule has 7 nitrogen and oxygen atoms in total. The minimum absolute atomic E-state index is 0.163. The number of rotatable bonds is 11. The Morgan fingerprint density at radius 2 is 1.94 bits per heavy atom. The molecule has 0 bridgehead atoms. The second-order valence-corrected chi connectivity index (χ2v) is 7.99. The van der Waals surface area contributed by atoms with E-state index in [1.165, 1.54) is 12.1 Å². The molecule has 2 heterocycles. The van der Waals surface area contributed by atoms with Crippen molar-refractivity contribution in [1.29, 1.82) is 0 Å². The zero-order chi connectivity index (χ0) is 23.8. The number of aryl methyl sites for hydroxylation is 1. The summed E-state index contributed by atoms with van der Waals surface area (Å²) in [4.78, 5) is 14.5. The SMILES string of the molecule is Cc1cc(NC(=O)CN(CCc2cccc(OCc3cccc(F)c3)c2)Cc2ccco2)on1. The van der Waals surface area contributed by atoms with Crippen molar-refractivity contribution < 1.29 is 22.9 Å². The van der Waals surface area contributed by atoms with Crippen LogP contribution < -0.4 is 10.1 Å². The van der Waals surface area contributed by atoms with Crippen molar-refractivity contribution in [1.82, 2.24) is 10.1 Å². The van der Waals surface area contributed by atoms with E-state index in [0.717, 1.165) is 16.9 Å². The highest BCUT2D eigenvalue weighted by atomic mass is 19.1. The first-order valence-electron chi connectivity index (χ1n) is 11.0. The summed E-state index contributed by atoms with van der Waals surface area (Å²) in [6.07, 6.45) is 2.32. The molecule has 0 aliphatic rings. The summed E-state index contributed by atoms with van der Waals surface area (Å²) in [5.74, 6) is 1.32. The zero-order valence-corrected chi connectivity index (χ0v) is 18.9. The van der Waals surface area contributed by atoms with Crippen LogP contribution in [0.1, 0.15) is 22.6 Å². The van der Waals surface area contributed by atoms with Gasteiger partial charge in [-0.1, -0.05) is 29.4 Å². The second-order valence-electron chi connectivity index (χ2n) is 7.99. The molecule has 1 N–H and O–H groups in total. The first-order chi connectivity index (χ1) is 16.5. The van der Waals surface area contributed by atoms with Crippen LogP contribution in [0.2, 0.25) is 0 Å². The van der Waals surface area contributed by atoms with E-state index in [0.29, 0.717) is 36.8 Å². The molecule has 2 aromatic heterocycles. The number of hydrogen-bond donors (Lipinski definition) is 1. The van der Waals surface area contributed by atoms with Crippen LogP contribution in [0.5, 0.6) is 5.75 Å². The highest BCUT2D eigenvalue weighted by Gasteiger charge is 2.15. The lowest BCUT2D eigenvalue weighted by Crippen LogP contribution is -2.34. The minimum Gasteiger partial charge on any atom is -0.489 e. The fraction of sp³-hybridized carbons (Fsp3) is 0.231. The first kappa shape index (κ1) is 23.3. The van der Waals surface area contributed by atoms with Gasteiger partial charge in [-0.3, -0.25) is 15.0 Å². The summed E-state index contributed by atoms with van der Waals surface area (Å²) in [5, 5.41) is 6.51. The molecule has 34 heavy (non-hydrogen) atoms. The van der Waals surface area contributed by atoms with Crippen LogP contribution >= 0.6 is 0 Å². The van der Waals surface area contributed by atoms with E-state index >= 15 is 0 Å². The first-order valence-corrected chi connectivity index (χ1v) is 11.0. The van der Waals surface area contributed by atoms with Crippen molar-refractivity contribution in [3.05, 3.63) is 101 Å². The maximum absolute atomic E-state index is 13.4. The number of anilines is 1. The molecule has 0 unspecified atom stereocenters. The van der Waals surface area contributed by atoms with Gasteiger partial charge in [0.1, 0.15) is 23.9 Å². The molecule has 0 saturated heterocycles. The number of benzene rings is 2. The molecule has 8 heteroatoms. The van der Waals surface area contributed by atoms with Crippen molar-refractivity contribution in [2.24, 2.45) is 0 Å². The second kappa shape index (κ2) is 11.3. The number of aromatic nitrogens is 1. The van der Waals surface area contributed by atoms with Crippen LogP contribution in [0.15, 0.2) is 81.9 Å². The van der Waals surface area contributed by atoms with E-state index in [1.807, 2.05) is 47.4 Å². The Balaban J connectivity index is 1.35. The molecule has 0 fully saturated rings. The number of ether oxygens (including phenoxy) is 1. The lowest BCUT2D eigenvalue weighted by Gasteiger charge is -2.20. The van der Waals surface area contributed by atoms with Gasteiger partial charge >= 0.3 is 0 Å². The van der Waals surface area contributed by atoms with Crippen LogP contribution in [0.3, 0.4) is 0 Å². The van der Waals surface area contributed by atoms with E-state index < -0.39 is 0 Å². The van der Waals surface area contributed by atoms with E-state index in [1.54, 1.807) is 25.3 Å². The Morgan fingerprint density at radius 1 is 1.09 bits per heavy atom. The van der Waals surface area contributed by atoms with Gasteiger partial charge in [-0.25, -0.2) is 4.39 Å². The summed E-state index contributed by atoms with van der Waals surface area (Å²) in [5.41, 5.74) is 2.53. The number of furan rings is 1. The predicted octanol–water partition coefficient (Wildman–Crippen LogP) is 4.98.